The molecule has 3 aromatic rings. The largest absolute Gasteiger partial charge is 0.348 e. The summed E-state index contributed by atoms with van der Waals surface area (Å²) in [6, 6.07) is 4.32. The average Bonchev–Trinajstić information content (AvgIpc) is 3.08. The van der Waals surface area contributed by atoms with Crippen LogP contribution in [0.3, 0.4) is 0 Å². The van der Waals surface area contributed by atoms with Gasteiger partial charge in [0.2, 0.25) is 0 Å². The van der Waals surface area contributed by atoms with Crippen LogP contribution < -0.4 is 5.69 Å². The predicted molar refractivity (Wildman–Crippen MR) is 70.1 cm³/mol. The molecule has 1 aromatic carbocycles. The molecule has 1 unspecified atom stereocenters. The van der Waals surface area contributed by atoms with Crippen LogP contribution in [0.15, 0.2) is 41.5 Å². The number of H-pyrrole nitrogens is 1. The van der Waals surface area contributed by atoms with Crippen LogP contribution in [-0.4, -0.2) is 24.5 Å². The maximum atomic E-state index is 13.9. The molecule has 0 bridgehead atoms. The van der Waals surface area contributed by atoms with Gasteiger partial charge in [-0.05, 0) is 25.1 Å². The van der Waals surface area contributed by atoms with Crippen LogP contribution in [0.2, 0.25) is 0 Å². The molecule has 0 aliphatic rings. The second-order valence-electron chi connectivity index (χ2n) is 4.48. The van der Waals surface area contributed by atoms with Gasteiger partial charge in [-0.3, -0.25) is 4.68 Å². The number of rotatable bonds is 3. The summed E-state index contributed by atoms with van der Waals surface area (Å²) in [5, 5.41) is 10.3. The van der Waals surface area contributed by atoms with E-state index < -0.39 is 23.4 Å². The Kier molecular flexibility index (Phi) is 3.13. The molecule has 0 spiro atoms. The van der Waals surface area contributed by atoms with Gasteiger partial charge >= 0.3 is 5.69 Å². The first-order chi connectivity index (χ1) is 10.1. The van der Waals surface area contributed by atoms with Crippen LogP contribution >= 0.6 is 0 Å². The molecule has 2 aromatic heterocycles. The first kappa shape index (κ1) is 13.2. The molecule has 0 aliphatic heterocycles. The van der Waals surface area contributed by atoms with E-state index in [2.05, 4.69) is 15.3 Å². The van der Waals surface area contributed by atoms with Crippen LogP contribution in [0.25, 0.3) is 5.69 Å². The number of hydrogen-bond donors (Lipinski definition) is 1. The van der Waals surface area contributed by atoms with Gasteiger partial charge in [-0.2, -0.15) is 10.2 Å². The number of aromatic amines is 1. The van der Waals surface area contributed by atoms with Crippen molar-refractivity contribution in [3.63, 3.8) is 0 Å². The second kappa shape index (κ2) is 4.97. The van der Waals surface area contributed by atoms with Crippen LogP contribution in [0, 0.1) is 11.6 Å². The molecule has 0 fully saturated rings. The predicted octanol–water partition coefficient (Wildman–Crippen LogP) is 1.64. The molecule has 8 heteroatoms. The topological polar surface area (TPSA) is 68.5 Å². The lowest BCUT2D eigenvalue weighted by molar-refractivity contribution is 0.520. The Morgan fingerprint density at radius 1 is 1.33 bits per heavy atom. The van der Waals surface area contributed by atoms with E-state index in [1.54, 1.807) is 30.1 Å². The maximum Gasteiger partial charge on any atom is 0.348 e. The van der Waals surface area contributed by atoms with Gasteiger partial charge in [0.25, 0.3) is 0 Å². The third-order valence-electron chi connectivity index (χ3n) is 3.14. The molecule has 21 heavy (non-hydrogen) atoms. The van der Waals surface area contributed by atoms with Crippen molar-refractivity contribution in [1.82, 2.24) is 24.5 Å². The molecule has 0 radical (unpaired) electrons. The lowest BCUT2D eigenvalue weighted by Crippen LogP contribution is -2.21. The molecule has 3 rings (SSSR count). The summed E-state index contributed by atoms with van der Waals surface area (Å²) in [7, 11) is 0. The molecule has 0 saturated heterocycles. The Bertz CT molecular complexity index is 821. The SMILES string of the molecule is CC(c1n[nH]c(=O)n1-c1ccc(F)cc1F)n1cccn1. The molecular weight excluding hydrogens is 280 g/mol. The summed E-state index contributed by atoms with van der Waals surface area (Å²) >= 11 is 0. The molecule has 108 valence electrons. The molecule has 0 aliphatic carbocycles. The lowest BCUT2D eigenvalue weighted by Gasteiger charge is -2.13. The highest BCUT2D eigenvalue weighted by Gasteiger charge is 2.20. The third-order valence-corrected chi connectivity index (χ3v) is 3.14. The fourth-order valence-electron chi connectivity index (χ4n) is 2.11. The minimum Gasteiger partial charge on any atom is -0.262 e. The van der Waals surface area contributed by atoms with Gasteiger partial charge < -0.3 is 0 Å². The molecule has 0 amide bonds. The van der Waals surface area contributed by atoms with E-state index in [0.717, 1.165) is 16.7 Å². The summed E-state index contributed by atoms with van der Waals surface area (Å²) in [4.78, 5) is 11.9. The molecule has 2 heterocycles. The highest BCUT2D eigenvalue weighted by molar-refractivity contribution is 5.35. The van der Waals surface area contributed by atoms with Gasteiger partial charge in [0.1, 0.15) is 17.7 Å². The van der Waals surface area contributed by atoms with Gasteiger partial charge in [0, 0.05) is 18.5 Å². The number of nitrogens with one attached hydrogen (secondary N) is 1. The van der Waals surface area contributed by atoms with E-state index in [4.69, 9.17) is 0 Å². The minimum absolute atomic E-state index is 0.0656. The number of hydrogen-bond acceptors (Lipinski definition) is 3. The fraction of sp³-hybridized carbons (Fsp3) is 0.154. The first-order valence-electron chi connectivity index (χ1n) is 6.20. The average molecular weight is 291 g/mol. The zero-order chi connectivity index (χ0) is 15.0. The molecular formula is C13H11F2N5O. The smallest absolute Gasteiger partial charge is 0.262 e. The molecule has 0 saturated carbocycles. The number of benzene rings is 1. The van der Waals surface area contributed by atoms with Gasteiger partial charge in [0.15, 0.2) is 5.82 Å². The summed E-state index contributed by atoms with van der Waals surface area (Å²) < 4.78 is 29.6. The van der Waals surface area contributed by atoms with Gasteiger partial charge in [0.05, 0.1) is 5.69 Å². The third kappa shape index (κ3) is 2.24. The van der Waals surface area contributed by atoms with Crippen molar-refractivity contribution >= 4 is 0 Å². The van der Waals surface area contributed by atoms with Crippen molar-refractivity contribution in [2.45, 2.75) is 13.0 Å². The molecule has 1 N–H and O–H groups in total. The summed E-state index contributed by atoms with van der Waals surface area (Å²) in [6.07, 6.45) is 3.29. The zero-order valence-electron chi connectivity index (χ0n) is 11.0. The Morgan fingerprint density at radius 3 is 2.81 bits per heavy atom. The number of nitrogens with zero attached hydrogens (tertiary/aromatic N) is 4. The van der Waals surface area contributed by atoms with E-state index in [1.165, 1.54) is 6.07 Å². The van der Waals surface area contributed by atoms with Crippen molar-refractivity contribution in [3.05, 3.63) is 64.6 Å². The number of halogens is 2. The standard InChI is InChI=1S/C13H11F2N5O/c1-8(19-6-2-5-16-19)12-17-18-13(21)20(12)11-4-3-9(14)7-10(11)15/h2-8H,1H3,(H,18,21). The van der Waals surface area contributed by atoms with Crippen molar-refractivity contribution in [1.29, 1.82) is 0 Å². The highest BCUT2D eigenvalue weighted by atomic mass is 19.1. The van der Waals surface area contributed by atoms with E-state index >= 15 is 0 Å². The summed E-state index contributed by atoms with van der Waals surface area (Å²) in [5.41, 5.74) is -0.668. The van der Waals surface area contributed by atoms with E-state index in [9.17, 15) is 13.6 Å². The van der Waals surface area contributed by atoms with Gasteiger partial charge in [-0.1, -0.05) is 0 Å². The first-order valence-corrected chi connectivity index (χ1v) is 6.20. The summed E-state index contributed by atoms with van der Waals surface area (Å²) in [5.74, 6) is -1.28. The van der Waals surface area contributed by atoms with Crippen LogP contribution in [-0.2, 0) is 0 Å². The van der Waals surface area contributed by atoms with Crippen LogP contribution in [0.4, 0.5) is 8.78 Å². The Hall–Kier alpha value is -2.77. The minimum atomic E-state index is -0.840. The van der Waals surface area contributed by atoms with Crippen molar-refractivity contribution < 1.29 is 8.78 Å². The monoisotopic (exact) mass is 291 g/mol. The Labute approximate surface area is 117 Å². The van der Waals surface area contributed by atoms with Crippen LogP contribution in [0.1, 0.15) is 18.8 Å². The normalized spacial score (nSPS) is 12.5. The van der Waals surface area contributed by atoms with E-state index in [0.29, 0.717) is 0 Å². The highest BCUT2D eigenvalue weighted by Crippen LogP contribution is 2.19. The quantitative estimate of drug-likeness (QED) is 0.797. The maximum absolute atomic E-state index is 13.9. The summed E-state index contributed by atoms with van der Waals surface area (Å²) in [6.45, 7) is 1.76. The van der Waals surface area contributed by atoms with Crippen molar-refractivity contribution in [3.8, 4) is 5.69 Å². The lowest BCUT2D eigenvalue weighted by atomic mass is 10.2. The van der Waals surface area contributed by atoms with E-state index in [1.807, 2.05) is 0 Å². The number of aromatic nitrogens is 5. The molecule has 1 atom stereocenters. The second-order valence-corrected chi connectivity index (χ2v) is 4.48. The molecule has 6 nitrogen and oxygen atoms in total. The van der Waals surface area contributed by atoms with Gasteiger partial charge in [-0.15, -0.1) is 0 Å². The van der Waals surface area contributed by atoms with E-state index in [-0.39, 0.29) is 11.5 Å². The zero-order valence-corrected chi connectivity index (χ0v) is 11.0. The van der Waals surface area contributed by atoms with Gasteiger partial charge in [-0.25, -0.2) is 23.2 Å². The fourth-order valence-corrected chi connectivity index (χ4v) is 2.11. The van der Waals surface area contributed by atoms with Crippen molar-refractivity contribution in [2.24, 2.45) is 0 Å². The Balaban J connectivity index is 2.15. The van der Waals surface area contributed by atoms with Crippen LogP contribution in [0.5, 0.6) is 0 Å². The Morgan fingerprint density at radius 2 is 2.14 bits per heavy atom. The van der Waals surface area contributed by atoms with Crippen molar-refractivity contribution in [2.75, 3.05) is 0 Å².